The van der Waals surface area contributed by atoms with Gasteiger partial charge in [0, 0.05) is 5.69 Å². The molecule has 1 aromatic heterocycles. The van der Waals surface area contributed by atoms with Crippen molar-refractivity contribution in [3.8, 4) is 11.5 Å². The van der Waals surface area contributed by atoms with E-state index >= 15 is 0 Å². The number of carbonyl (C=O) groups excluding carboxylic acids is 2. The molecule has 0 fully saturated rings. The summed E-state index contributed by atoms with van der Waals surface area (Å²) in [6, 6.07) is 13.2. The number of carbonyl (C=O) groups is 2. The highest BCUT2D eigenvalue weighted by Gasteiger charge is 2.16. The van der Waals surface area contributed by atoms with Crippen molar-refractivity contribution < 1.29 is 28.6 Å². The van der Waals surface area contributed by atoms with Crippen LogP contribution in [0.3, 0.4) is 0 Å². The molecular formula is C24H25NO6. The number of phenolic OH excluding ortho intramolecular Hbond substituents is 1. The van der Waals surface area contributed by atoms with Gasteiger partial charge in [-0.25, -0.2) is 4.79 Å². The van der Waals surface area contributed by atoms with Crippen LogP contribution in [0.2, 0.25) is 0 Å². The monoisotopic (exact) mass is 423 g/mol. The predicted octanol–water partition coefficient (Wildman–Crippen LogP) is 5.03. The quantitative estimate of drug-likeness (QED) is 0.408. The van der Waals surface area contributed by atoms with Crippen molar-refractivity contribution in [1.29, 1.82) is 0 Å². The Hall–Kier alpha value is -3.74. The van der Waals surface area contributed by atoms with Crippen LogP contribution < -0.4 is 10.1 Å². The van der Waals surface area contributed by atoms with Gasteiger partial charge < -0.3 is 24.3 Å². The van der Waals surface area contributed by atoms with Crippen molar-refractivity contribution in [2.75, 3.05) is 12.4 Å². The van der Waals surface area contributed by atoms with Crippen molar-refractivity contribution in [3.63, 3.8) is 0 Å². The molecule has 0 unspecified atom stereocenters. The molecule has 31 heavy (non-hydrogen) atoms. The minimum atomic E-state index is -0.419. The lowest BCUT2D eigenvalue weighted by Gasteiger charge is -2.14. The lowest BCUT2D eigenvalue weighted by atomic mass is 9.99. The van der Waals surface area contributed by atoms with Crippen LogP contribution in [0.4, 0.5) is 5.69 Å². The Morgan fingerprint density at radius 1 is 1.10 bits per heavy atom. The van der Waals surface area contributed by atoms with E-state index < -0.39 is 11.9 Å². The van der Waals surface area contributed by atoms with Crippen LogP contribution in [0.5, 0.6) is 11.5 Å². The fourth-order valence-corrected chi connectivity index (χ4v) is 3.03. The number of benzene rings is 2. The fourth-order valence-electron chi connectivity index (χ4n) is 3.03. The summed E-state index contributed by atoms with van der Waals surface area (Å²) in [4.78, 5) is 24.1. The van der Waals surface area contributed by atoms with Crippen LogP contribution in [0, 0.1) is 6.92 Å². The number of rotatable bonds is 7. The highest BCUT2D eigenvalue weighted by Crippen LogP contribution is 2.31. The molecule has 162 valence electrons. The van der Waals surface area contributed by atoms with Crippen molar-refractivity contribution in [3.05, 3.63) is 76.7 Å². The molecule has 0 aliphatic carbocycles. The maximum Gasteiger partial charge on any atom is 0.337 e. The van der Waals surface area contributed by atoms with E-state index in [0.717, 1.165) is 11.1 Å². The predicted molar refractivity (Wildman–Crippen MR) is 116 cm³/mol. The van der Waals surface area contributed by atoms with E-state index in [0.29, 0.717) is 22.8 Å². The van der Waals surface area contributed by atoms with Crippen molar-refractivity contribution >= 4 is 17.6 Å². The molecule has 3 aromatic rings. The van der Waals surface area contributed by atoms with E-state index in [4.69, 9.17) is 9.15 Å². The SMILES string of the molecule is COC(=O)c1ccc(OCc2ccc(C(=O)Nc3cc(C(C)C)c(O)cc3C)o2)cc1. The summed E-state index contributed by atoms with van der Waals surface area (Å²) in [5.41, 5.74) is 2.55. The van der Waals surface area contributed by atoms with E-state index in [-0.39, 0.29) is 24.0 Å². The number of nitrogens with one attached hydrogen (secondary N) is 1. The Balaban J connectivity index is 1.63. The number of hydrogen-bond acceptors (Lipinski definition) is 6. The van der Waals surface area contributed by atoms with Gasteiger partial charge in [-0.05, 0) is 72.5 Å². The maximum absolute atomic E-state index is 12.6. The second-order valence-electron chi connectivity index (χ2n) is 7.41. The molecule has 2 N–H and O–H groups in total. The van der Waals surface area contributed by atoms with Crippen LogP contribution in [0.1, 0.15) is 57.6 Å². The van der Waals surface area contributed by atoms with E-state index in [1.165, 1.54) is 7.11 Å². The second-order valence-corrected chi connectivity index (χ2v) is 7.41. The molecule has 3 rings (SSSR count). The summed E-state index contributed by atoms with van der Waals surface area (Å²) in [5.74, 6) is 0.698. The first-order chi connectivity index (χ1) is 14.8. The minimum absolute atomic E-state index is 0.116. The van der Waals surface area contributed by atoms with E-state index in [2.05, 4.69) is 10.1 Å². The summed E-state index contributed by atoms with van der Waals surface area (Å²) in [6.45, 7) is 5.88. The van der Waals surface area contributed by atoms with Crippen LogP contribution in [-0.4, -0.2) is 24.1 Å². The van der Waals surface area contributed by atoms with Gasteiger partial charge in [-0.15, -0.1) is 0 Å². The number of aromatic hydroxyl groups is 1. The number of hydrogen-bond donors (Lipinski definition) is 2. The number of ether oxygens (including phenoxy) is 2. The Morgan fingerprint density at radius 2 is 1.81 bits per heavy atom. The Bertz CT molecular complexity index is 1080. The Labute approximate surface area is 180 Å². The topological polar surface area (TPSA) is 98.0 Å². The lowest BCUT2D eigenvalue weighted by molar-refractivity contribution is 0.0600. The zero-order valence-corrected chi connectivity index (χ0v) is 17.9. The van der Waals surface area contributed by atoms with Gasteiger partial charge in [0.1, 0.15) is 23.9 Å². The van der Waals surface area contributed by atoms with Crippen molar-refractivity contribution in [2.24, 2.45) is 0 Å². The van der Waals surface area contributed by atoms with Gasteiger partial charge in [-0.2, -0.15) is 0 Å². The number of furan rings is 1. The molecule has 0 spiro atoms. The fraction of sp³-hybridized carbons (Fsp3) is 0.250. The molecule has 0 aliphatic heterocycles. The number of amides is 1. The highest BCUT2D eigenvalue weighted by molar-refractivity contribution is 6.02. The molecular weight excluding hydrogens is 398 g/mol. The number of aryl methyl sites for hydroxylation is 1. The van der Waals surface area contributed by atoms with Crippen molar-refractivity contribution in [2.45, 2.75) is 33.3 Å². The zero-order chi connectivity index (χ0) is 22.5. The highest BCUT2D eigenvalue weighted by atomic mass is 16.5. The molecule has 0 saturated carbocycles. The number of esters is 1. The summed E-state index contributed by atoms with van der Waals surface area (Å²) < 4.78 is 15.9. The van der Waals surface area contributed by atoms with Crippen molar-refractivity contribution in [1.82, 2.24) is 0 Å². The average molecular weight is 423 g/mol. The van der Waals surface area contributed by atoms with Crippen LogP contribution >= 0.6 is 0 Å². The largest absolute Gasteiger partial charge is 0.508 e. The van der Waals surface area contributed by atoms with E-state index in [9.17, 15) is 14.7 Å². The summed E-state index contributed by atoms with van der Waals surface area (Å²) in [5, 5.41) is 12.9. The molecule has 0 bridgehead atoms. The molecule has 7 heteroatoms. The van der Waals surface area contributed by atoms with Gasteiger partial charge >= 0.3 is 5.97 Å². The summed E-state index contributed by atoms with van der Waals surface area (Å²) in [6.07, 6.45) is 0. The molecule has 0 radical (unpaired) electrons. The van der Waals surface area contributed by atoms with Gasteiger partial charge in [0.25, 0.3) is 5.91 Å². The smallest absolute Gasteiger partial charge is 0.337 e. The van der Waals surface area contributed by atoms with E-state index in [1.807, 2.05) is 20.8 Å². The molecule has 2 aromatic carbocycles. The first-order valence-electron chi connectivity index (χ1n) is 9.83. The van der Waals surface area contributed by atoms with Gasteiger partial charge in [0.15, 0.2) is 5.76 Å². The molecule has 1 amide bonds. The summed E-state index contributed by atoms with van der Waals surface area (Å²) in [7, 11) is 1.32. The molecule has 0 saturated heterocycles. The van der Waals surface area contributed by atoms with Crippen LogP contribution in [0.15, 0.2) is 52.9 Å². The number of anilines is 1. The molecule has 0 aliphatic rings. The lowest BCUT2D eigenvalue weighted by Crippen LogP contribution is -2.12. The third-order valence-electron chi connectivity index (χ3n) is 4.79. The third kappa shape index (κ3) is 5.25. The standard InChI is InChI=1S/C24H25NO6/c1-14(2)19-12-20(15(3)11-21(19)26)25-23(27)22-10-9-18(31-22)13-30-17-7-5-16(6-8-17)24(28)29-4/h5-12,14,26H,13H2,1-4H3,(H,25,27). The molecule has 0 atom stereocenters. The van der Waals surface area contributed by atoms with Gasteiger partial charge in [-0.3, -0.25) is 4.79 Å². The Morgan fingerprint density at radius 3 is 2.45 bits per heavy atom. The average Bonchev–Trinajstić information content (AvgIpc) is 3.23. The summed E-state index contributed by atoms with van der Waals surface area (Å²) >= 11 is 0. The number of methoxy groups -OCH3 is 1. The first kappa shape index (κ1) is 22.0. The number of phenols is 1. The third-order valence-corrected chi connectivity index (χ3v) is 4.79. The van der Waals surface area contributed by atoms with Gasteiger partial charge in [-0.1, -0.05) is 13.8 Å². The second kappa shape index (κ2) is 9.38. The molecule has 7 nitrogen and oxygen atoms in total. The Kier molecular flexibility index (Phi) is 6.65. The zero-order valence-electron chi connectivity index (χ0n) is 17.9. The molecule has 1 heterocycles. The van der Waals surface area contributed by atoms with Gasteiger partial charge in [0.2, 0.25) is 0 Å². The minimum Gasteiger partial charge on any atom is -0.508 e. The maximum atomic E-state index is 12.6. The first-order valence-corrected chi connectivity index (χ1v) is 9.83. The van der Waals surface area contributed by atoms with Crippen LogP contribution in [0.25, 0.3) is 0 Å². The van der Waals surface area contributed by atoms with Gasteiger partial charge in [0.05, 0.1) is 12.7 Å². The normalized spacial score (nSPS) is 10.7. The van der Waals surface area contributed by atoms with Crippen LogP contribution in [-0.2, 0) is 11.3 Å². The van der Waals surface area contributed by atoms with E-state index in [1.54, 1.807) is 48.5 Å².